The summed E-state index contributed by atoms with van der Waals surface area (Å²) in [6, 6.07) is 16.7. The monoisotopic (exact) mass is 389 g/mol. The molecule has 0 aromatic heterocycles. The zero-order valence-corrected chi connectivity index (χ0v) is 16.4. The second-order valence-corrected chi connectivity index (χ2v) is 8.47. The molecule has 1 aliphatic heterocycles. The maximum Gasteiger partial charge on any atom is 0.243 e. The molecular formula is C19H23N3O2S2. The molecule has 0 amide bonds. The van der Waals surface area contributed by atoms with Gasteiger partial charge in [-0.2, -0.15) is 4.31 Å². The van der Waals surface area contributed by atoms with Crippen LogP contribution in [0.2, 0.25) is 0 Å². The summed E-state index contributed by atoms with van der Waals surface area (Å²) in [6.07, 6.45) is 0.925. The molecule has 26 heavy (non-hydrogen) atoms. The third-order valence-electron chi connectivity index (χ3n) is 4.55. The van der Waals surface area contributed by atoms with Crippen LogP contribution in [0.15, 0.2) is 59.5 Å². The van der Waals surface area contributed by atoms with Crippen LogP contribution in [0, 0.1) is 0 Å². The van der Waals surface area contributed by atoms with Crippen molar-refractivity contribution in [2.24, 2.45) is 0 Å². The molecule has 1 heterocycles. The van der Waals surface area contributed by atoms with Gasteiger partial charge in [-0.1, -0.05) is 43.3 Å². The number of rotatable bonds is 4. The highest BCUT2D eigenvalue weighted by molar-refractivity contribution is 7.89. The number of piperazine rings is 1. The van der Waals surface area contributed by atoms with E-state index in [1.54, 1.807) is 24.3 Å². The number of nitrogens with zero attached hydrogens (tertiary/aromatic N) is 2. The van der Waals surface area contributed by atoms with Gasteiger partial charge in [0.1, 0.15) is 0 Å². The third-order valence-corrected chi connectivity index (χ3v) is 6.82. The number of para-hydroxylation sites is 1. The first-order valence-corrected chi connectivity index (χ1v) is 10.6. The molecule has 0 bridgehead atoms. The summed E-state index contributed by atoms with van der Waals surface area (Å²) in [4.78, 5) is 2.37. The van der Waals surface area contributed by atoms with Gasteiger partial charge in [-0.25, -0.2) is 8.42 Å². The predicted molar refractivity (Wildman–Crippen MR) is 109 cm³/mol. The van der Waals surface area contributed by atoms with E-state index in [0.717, 1.165) is 12.1 Å². The molecular weight excluding hydrogens is 366 g/mol. The maximum absolute atomic E-state index is 12.7. The minimum Gasteiger partial charge on any atom is -0.346 e. The van der Waals surface area contributed by atoms with Crippen molar-refractivity contribution in [3.05, 3.63) is 60.2 Å². The van der Waals surface area contributed by atoms with E-state index in [9.17, 15) is 8.42 Å². The molecule has 0 atom stereocenters. The molecule has 1 fully saturated rings. The highest BCUT2D eigenvalue weighted by atomic mass is 32.2. The summed E-state index contributed by atoms with van der Waals surface area (Å²) in [7, 11) is -3.44. The zero-order chi connectivity index (χ0) is 18.6. The Balaban J connectivity index is 1.62. The summed E-state index contributed by atoms with van der Waals surface area (Å²) in [5.41, 5.74) is 2.22. The molecule has 1 saturated heterocycles. The van der Waals surface area contributed by atoms with E-state index in [4.69, 9.17) is 12.2 Å². The lowest BCUT2D eigenvalue weighted by atomic mass is 10.1. The zero-order valence-electron chi connectivity index (χ0n) is 14.8. The summed E-state index contributed by atoms with van der Waals surface area (Å²) < 4.78 is 26.9. The second-order valence-electron chi connectivity index (χ2n) is 6.15. The van der Waals surface area contributed by atoms with Gasteiger partial charge >= 0.3 is 0 Å². The van der Waals surface area contributed by atoms with E-state index >= 15 is 0 Å². The van der Waals surface area contributed by atoms with Crippen molar-refractivity contribution >= 4 is 33.0 Å². The average Bonchev–Trinajstić information content (AvgIpc) is 2.69. The summed E-state index contributed by atoms with van der Waals surface area (Å²) in [5.74, 6) is 0. The van der Waals surface area contributed by atoms with E-state index < -0.39 is 10.0 Å². The minimum absolute atomic E-state index is 0.339. The van der Waals surface area contributed by atoms with Crippen molar-refractivity contribution < 1.29 is 8.42 Å². The fraction of sp³-hybridized carbons (Fsp3) is 0.316. The molecule has 138 valence electrons. The Morgan fingerprint density at radius 1 is 1.00 bits per heavy atom. The topological polar surface area (TPSA) is 52.6 Å². The molecule has 2 aromatic carbocycles. The molecule has 1 N–H and O–H groups in total. The molecule has 0 saturated carbocycles. The Bertz CT molecular complexity index is 861. The van der Waals surface area contributed by atoms with Crippen molar-refractivity contribution in [1.29, 1.82) is 0 Å². The van der Waals surface area contributed by atoms with Gasteiger partial charge in [0.05, 0.1) is 4.90 Å². The lowest BCUT2D eigenvalue weighted by Gasteiger charge is -2.35. The summed E-state index contributed by atoms with van der Waals surface area (Å²) in [6.45, 7) is 4.11. The number of nitrogens with one attached hydrogen (secondary N) is 1. The van der Waals surface area contributed by atoms with Gasteiger partial charge in [-0.15, -0.1) is 0 Å². The van der Waals surface area contributed by atoms with Crippen molar-refractivity contribution in [3.8, 4) is 0 Å². The summed E-state index contributed by atoms with van der Waals surface area (Å²) in [5, 5.41) is 3.95. The standard InChI is InChI=1S/C19H23N3O2S2/c1-2-16-8-6-7-11-18(16)20-19(25)21-12-14-22(15-13-21)26(23,24)17-9-4-3-5-10-17/h3-11H,2,12-15H2,1H3,(H,20,25). The third kappa shape index (κ3) is 4.06. The van der Waals surface area contributed by atoms with Crippen LogP contribution >= 0.6 is 12.2 Å². The van der Waals surface area contributed by atoms with Crippen molar-refractivity contribution in [2.45, 2.75) is 18.2 Å². The number of thiocarbonyl (C=S) groups is 1. The molecule has 2 aromatic rings. The average molecular weight is 390 g/mol. The van der Waals surface area contributed by atoms with Gasteiger partial charge in [0, 0.05) is 31.9 Å². The fourth-order valence-electron chi connectivity index (χ4n) is 3.02. The molecule has 0 aliphatic carbocycles. The lowest BCUT2D eigenvalue weighted by molar-refractivity contribution is 0.268. The number of hydrogen-bond acceptors (Lipinski definition) is 3. The van der Waals surface area contributed by atoms with Gasteiger partial charge in [0.25, 0.3) is 0 Å². The van der Waals surface area contributed by atoms with Crippen molar-refractivity contribution in [1.82, 2.24) is 9.21 Å². The van der Waals surface area contributed by atoms with E-state index in [0.29, 0.717) is 36.2 Å². The van der Waals surface area contributed by atoms with E-state index in [-0.39, 0.29) is 0 Å². The smallest absolute Gasteiger partial charge is 0.243 e. The van der Waals surface area contributed by atoms with Crippen LogP contribution in [0.25, 0.3) is 0 Å². The second kappa shape index (κ2) is 8.16. The van der Waals surface area contributed by atoms with Crippen LogP contribution in [0.3, 0.4) is 0 Å². The van der Waals surface area contributed by atoms with Crippen LogP contribution in [-0.2, 0) is 16.4 Å². The molecule has 0 unspecified atom stereocenters. The Hall–Kier alpha value is -1.96. The van der Waals surface area contributed by atoms with Gasteiger partial charge in [-0.05, 0) is 42.4 Å². The van der Waals surface area contributed by atoms with E-state index in [1.807, 2.05) is 29.2 Å². The largest absolute Gasteiger partial charge is 0.346 e. The number of benzene rings is 2. The highest BCUT2D eigenvalue weighted by Gasteiger charge is 2.29. The van der Waals surface area contributed by atoms with Gasteiger partial charge < -0.3 is 10.2 Å². The molecule has 3 rings (SSSR count). The Kier molecular flexibility index (Phi) is 5.90. The quantitative estimate of drug-likeness (QED) is 0.815. The van der Waals surface area contributed by atoms with Crippen LogP contribution in [-0.4, -0.2) is 48.9 Å². The first-order valence-electron chi connectivity index (χ1n) is 8.71. The molecule has 0 spiro atoms. The first kappa shape index (κ1) is 18.8. The molecule has 5 nitrogen and oxygen atoms in total. The Morgan fingerprint density at radius 2 is 1.62 bits per heavy atom. The molecule has 7 heteroatoms. The predicted octanol–water partition coefficient (Wildman–Crippen LogP) is 2.95. The van der Waals surface area contributed by atoms with Crippen molar-refractivity contribution in [3.63, 3.8) is 0 Å². The number of anilines is 1. The van der Waals surface area contributed by atoms with E-state index in [1.165, 1.54) is 9.87 Å². The van der Waals surface area contributed by atoms with Crippen LogP contribution in [0.5, 0.6) is 0 Å². The van der Waals surface area contributed by atoms with Crippen LogP contribution < -0.4 is 5.32 Å². The summed E-state index contributed by atoms with van der Waals surface area (Å²) >= 11 is 5.54. The van der Waals surface area contributed by atoms with Gasteiger partial charge in [0.15, 0.2) is 5.11 Å². The van der Waals surface area contributed by atoms with Crippen LogP contribution in [0.1, 0.15) is 12.5 Å². The highest BCUT2D eigenvalue weighted by Crippen LogP contribution is 2.19. The number of hydrogen-bond donors (Lipinski definition) is 1. The molecule has 0 radical (unpaired) electrons. The van der Waals surface area contributed by atoms with Crippen LogP contribution in [0.4, 0.5) is 5.69 Å². The van der Waals surface area contributed by atoms with Crippen molar-refractivity contribution in [2.75, 3.05) is 31.5 Å². The number of aryl methyl sites for hydroxylation is 1. The normalized spacial score (nSPS) is 15.7. The van der Waals surface area contributed by atoms with Gasteiger partial charge in [0.2, 0.25) is 10.0 Å². The fourth-order valence-corrected chi connectivity index (χ4v) is 4.75. The Morgan fingerprint density at radius 3 is 2.27 bits per heavy atom. The first-order chi connectivity index (χ1) is 12.5. The van der Waals surface area contributed by atoms with Gasteiger partial charge in [-0.3, -0.25) is 0 Å². The maximum atomic E-state index is 12.7. The Labute approximate surface area is 160 Å². The number of sulfonamides is 1. The minimum atomic E-state index is -3.44. The molecule has 1 aliphatic rings. The van der Waals surface area contributed by atoms with E-state index in [2.05, 4.69) is 18.3 Å². The lowest BCUT2D eigenvalue weighted by Crippen LogP contribution is -2.51. The SMILES string of the molecule is CCc1ccccc1NC(=S)N1CCN(S(=O)(=O)c2ccccc2)CC1.